The van der Waals surface area contributed by atoms with Gasteiger partial charge in [0, 0.05) is 18.2 Å². The summed E-state index contributed by atoms with van der Waals surface area (Å²) in [5.74, 6) is 0.660. The van der Waals surface area contributed by atoms with E-state index in [1.54, 1.807) is 20.1 Å². The lowest BCUT2D eigenvalue weighted by Gasteiger charge is -2.27. The lowest BCUT2D eigenvalue weighted by molar-refractivity contribution is 0.0649. The first-order valence-corrected chi connectivity index (χ1v) is 6.38. The smallest absolute Gasteiger partial charge is 0.191 e. The number of rotatable bonds is 4. The van der Waals surface area contributed by atoms with Crippen LogP contribution in [0.3, 0.4) is 0 Å². The SMILES string of the molecule is Cc1nc(-c2ccc(NC(C)C(C)(C)O)cc2)co1. The highest BCUT2D eigenvalue weighted by molar-refractivity contribution is 5.62. The van der Waals surface area contributed by atoms with E-state index in [4.69, 9.17) is 4.42 Å². The van der Waals surface area contributed by atoms with Gasteiger partial charge in [0.15, 0.2) is 5.89 Å². The number of hydrogen-bond acceptors (Lipinski definition) is 4. The Morgan fingerprint density at radius 3 is 2.37 bits per heavy atom. The molecule has 0 aliphatic rings. The average Bonchev–Trinajstić information content (AvgIpc) is 2.75. The third-order valence-electron chi connectivity index (χ3n) is 3.24. The fourth-order valence-corrected chi connectivity index (χ4v) is 1.66. The molecular formula is C15H20N2O2. The molecule has 0 amide bonds. The summed E-state index contributed by atoms with van der Waals surface area (Å²) in [7, 11) is 0. The molecule has 0 saturated heterocycles. The molecular weight excluding hydrogens is 240 g/mol. The van der Waals surface area contributed by atoms with Crippen LogP contribution in [0.4, 0.5) is 5.69 Å². The van der Waals surface area contributed by atoms with Crippen molar-refractivity contribution in [2.24, 2.45) is 0 Å². The molecule has 0 radical (unpaired) electrons. The molecule has 0 bridgehead atoms. The molecule has 1 heterocycles. The Bertz CT molecular complexity index is 538. The van der Waals surface area contributed by atoms with Crippen LogP contribution in [0.25, 0.3) is 11.3 Å². The summed E-state index contributed by atoms with van der Waals surface area (Å²) in [6.07, 6.45) is 1.65. The minimum atomic E-state index is -0.762. The van der Waals surface area contributed by atoms with Crippen molar-refractivity contribution >= 4 is 5.69 Å². The quantitative estimate of drug-likeness (QED) is 0.886. The molecule has 2 N–H and O–H groups in total. The van der Waals surface area contributed by atoms with Gasteiger partial charge in [0.25, 0.3) is 0 Å². The van der Waals surface area contributed by atoms with Crippen LogP contribution in [0.15, 0.2) is 34.9 Å². The molecule has 4 nitrogen and oxygen atoms in total. The topological polar surface area (TPSA) is 58.3 Å². The van der Waals surface area contributed by atoms with Gasteiger partial charge in [0.2, 0.25) is 0 Å². The molecule has 19 heavy (non-hydrogen) atoms. The van der Waals surface area contributed by atoms with Gasteiger partial charge in [0.1, 0.15) is 12.0 Å². The molecule has 0 saturated carbocycles. The first-order valence-electron chi connectivity index (χ1n) is 6.38. The van der Waals surface area contributed by atoms with Crippen molar-refractivity contribution in [3.63, 3.8) is 0 Å². The van der Waals surface area contributed by atoms with Crippen molar-refractivity contribution in [2.45, 2.75) is 39.3 Å². The first-order chi connectivity index (χ1) is 8.86. The van der Waals surface area contributed by atoms with Crippen LogP contribution < -0.4 is 5.32 Å². The number of anilines is 1. The molecule has 1 aromatic carbocycles. The zero-order valence-electron chi connectivity index (χ0n) is 11.8. The van der Waals surface area contributed by atoms with Gasteiger partial charge in [-0.1, -0.05) is 12.1 Å². The number of nitrogens with zero attached hydrogens (tertiary/aromatic N) is 1. The summed E-state index contributed by atoms with van der Waals surface area (Å²) in [5.41, 5.74) is 2.05. The predicted octanol–water partition coefficient (Wildman–Crippen LogP) is 3.22. The molecule has 4 heteroatoms. The molecule has 0 fully saturated rings. The summed E-state index contributed by atoms with van der Waals surface area (Å²) in [5, 5.41) is 13.2. The van der Waals surface area contributed by atoms with E-state index in [9.17, 15) is 5.11 Å². The standard InChI is InChI=1S/C15H20N2O2/c1-10(15(3,4)18)16-13-7-5-12(6-8-13)14-9-19-11(2)17-14/h5-10,16,18H,1-4H3. The fourth-order valence-electron chi connectivity index (χ4n) is 1.66. The van der Waals surface area contributed by atoms with Crippen molar-refractivity contribution in [3.05, 3.63) is 36.4 Å². The zero-order chi connectivity index (χ0) is 14.0. The first kappa shape index (κ1) is 13.6. The van der Waals surface area contributed by atoms with Gasteiger partial charge in [-0.3, -0.25) is 0 Å². The molecule has 0 aliphatic carbocycles. The van der Waals surface area contributed by atoms with Crippen LogP contribution in [0.2, 0.25) is 0 Å². The largest absolute Gasteiger partial charge is 0.449 e. The molecule has 102 valence electrons. The van der Waals surface area contributed by atoms with Gasteiger partial charge in [-0.15, -0.1) is 0 Å². The second-order valence-corrected chi connectivity index (χ2v) is 5.35. The summed E-state index contributed by atoms with van der Waals surface area (Å²) in [6, 6.07) is 7.88. The monoisotopic (exact) mass is 260 g/mol. The fraction of sp³-hybridized carbons (Fsp3) is 0.400. The minimum absolute atomic E-state index is 0.0346. The molecule has 2 rings (SSSR count). The van der Waals surface area contributed by atoms with Gasteiger partial charge in [-0.05, 0) is 32.9 Å². The van der Waals surface area contributed by atoms with Crippen molar-refractivity contribution in [1.82, 2.24) is 4.98 Å². The molecule has 2 aromatic rings. The van der Waals surface area contributed by atoms with E-state index >= 15 is 0 Å². The number of aromatic nitrogens is 1. The van der Waals surface area contributed by atoms with E-state index < -0.39 is 5.60 Å². The number of hydrogen-bond donors (Lipinski definition) is 2. The van der Waals surface area contributed by atoms with Gasteiger partial charge in [0.05, 0.1) is 11.6 Å². The van der Waals surface area contributed by atoms with Gasteiger partial charge < -0.3 is 14.8 Å². The highest BCUT2D eigenvalue weighted by Crippen LogP contribution is 2.22. The van der Waals surface area contributed by atoms with Crippen LogP contribution in [0.5, 0.6) is 0 Å². The van der Waals surface area contributed by atoms with Gasteiger partial charge >= 0.3 is 0 Å². The summed E-state index contributed by atoms with van der Waals surface area (Å²) in [4.78, 5) is 4.28. The van der Waals surface area contributed by atoms with Crippen LogP contribution in [0, 0.1) is 6.92 Å². The third-order valence-corrected chi connectivity index (χ3v) is 3.24. The Hall–Kier alpha value is -1.81. The van der Waals surface area contributed by atoms with Crippen molar-refractivity contribution in [3.8, 4) is 11.3 Å². The second-order valence-electron chi connectivity index (χ2n) is 5.35. The number of aryl methyl sites for hydroxylation is 1. The predicted molar refractivity (Wildman–Crippen MR) is 76.1 cm³/mol. The molecule has 0 aliphatic heterocycles. The van der Waals surface area contributed by atoms with E-state index in [1.807, 2.05) is 38.1 Å². The summed E-state index contributed by atoms with van der Waals surface area (Å²) < 4.78 is 5.20. The lowest BCUT2D eigenvalue weighted by atomic mass is 10.0. The molecule has 1 atom stereocenters. The maximum absolute atomic E-state index is 9.90. The van der Waals surface area contributed by atoms with Crippen LogP contribution in [-0.4, -0.2) is 21.7 Å². The average molecular weight is 260 g/mol. The Morgan fingerprint density at radius 2 is 1.89 bits per heavy atom. The van der Waals surface area contributed by atoms with E-state index in [0.717, 1.165) is 16.9 Å². The number of aliphatic hydroxyl groups is 1. The number of nitrogens with one attached hydrogen (secondary N) is 1. The lowest BCUT2D eigenvalue weighted by Crippen LogP contribution is -2.39. The second kappa shape index (κ2) is 5.05. The van der Waals surface area contributed by atoms with Gasteiger partial charge in [-0.2, -0.15) is 0 Å². The van der Waals surface area contributed by atoms with E-state index in [1.165, 1.54) is 0 Å². The Balaban J connectivity index is 2.11. The molecule has 1 aromatic heterocycles. The van der Waals surface area contributed by atoms with E-state index in [2.05, 4.69) is 10.3 Å². The maximum Gasteiger partial charge on any atom is 0.191 e. The van der Waals surface area contributed by atoms with Crippen LogP contribution in [-0.2, 0) is 0 Å². The van der Waals surface area contributed by atoms with E-state index in [0.29, 0.717) is 5.89 Å². The minimum Gasteiger partial charge on any atom is -0.449 e. The Morgan fingerprint density at radius 1 is 1.26 bits per heavy atom. The number of benzene rings is 1. The maximum atomic E-state index is 9.90. The van der Waals surface area contributed by atoms with Crippen LogP contribution in [0.1, 0.15) is 26.7 Å². The molecule has 1 unspecified atom stereocenters. The van der Waals surface area contributed by atoms with Crippen LogP contribution >= 0.6 is 0 Å². The Kier molecular flexibility index (Phi) is 3.62. The van der Waals surface area contributed by atoms with Crippen molar-refractivity contribution in [2.75, 3.05) is 5.32 Å². The van der Waals surface area contributed by atoms with Crippen molar-refractivity contribution in [1.29, 1.82) is 0 Å². The number of oxazole rings is 1. The highest BCUT2D eigenvalue weighted by atomic mass is 16.3. The normalized spacial score (nSPS) is 13.3. The highest BCUT2D eigenvalue weighted by Gasteiger charge is 2.21. The van der Waals surface area contributed by atoms with E-state index in [-0.39, 0.29) is 6.04 Å². The Labute approximate surface area is 113 Å². The summed E-state index contributed by atoms with van der Waals surface area (Å²) in [6.45, 7) is 7.35. The van der Waals surface area contributed by atoms with Crippen molar-refractivity contribution < 1.29 is 9.52 Å². The zero-order valence-corrected chi connectivity index (χ0v) is 11.8. The summed E-state index contributed by atoms with van der Waals surface area (Å²) >= 11 is 0. The molecule has 0 spiro atoms. The third kappa shape index (κ3) is 3.35. The van der Waals surface area contributed by atoms with Gasteiger partial charge in [-0.25, -0.2) is 4.98 Å².